The highest BCUT2D eigenvalue weighted by Crippen LogP contribution is 2.34. The molecule has 2 N–H and O–H groups in total. The maximum absolute atomic E-state index is 12.2. The second-order valence-electron chi connectivity index (χ2n) is 8.61. The summed E-state index contributed by atoms with van der Waals surface area (Å²) in [6, 6.07) is 6.50. The highest BCUT2D eigenvalue weighted by molar-refractivity contribution is 5.69. The molecule has 1 aromatic rings. The zero-order valence-corrected chi connectivity index (χ0v) is 16.5. The Kier molecular flexibility index (Phi) is 5.64. The summed E-state index contributed by atoms with van der Waals surface area (Å²) in [6.07, 6.45) is 5.57. The number of benzene rings is 1. The molecule has 2 aliphatic heterocycles. The molecule has 0 aromatic heterocycles. The summed E-state index contributed by atoms with van der Waals surface area (Å²) >= 11 is 0. The quantitative estimate of drug-likeness (QED) is 0.797. The van der Waals surface area contributed by atoms with E-state index >= 15 is 0 Å². The Bertz CT molecular complexity index is 625. The van der Waals surface area contributed by atoms with E-state index in [-0.39, 0.29) is 6.09 Å². The molecule has 0 atom stereocenters. The Hall–Kier alpha value is -1.91. The van der Waals surface area contributed by atoms with Crippen LogP contribution in [0.5, 0.6) is 0 Å². The fraction of sp³-hybridized carbons (Fsp3) is 0.667. The molecule has 144 valence electrons. The number of ether oxygens (including phenoxy) is 1. The van der Waals surface area contributed by atoms with Gasteiger partial charge in [-0.3, -0.25) is 0 Å². The van der Waals surface area contributed by atoms with Crippen molar-refractivity contribution >= 4 is 17.5 Å². The molecule has 0 spiro atoms. The predicted molar refractivity (Wildman–Crippen MR) is 107 cm³/mol. The van der Waals surface area contributed by atoms with Gasteiger partial charge in [0, 0.05) is 26.2 Å². The molecule has 1 amide bonds. The van der Waals surface area contributed by atoms with Crippen molar-refractivity contribution in [2.45, 2.75) is 64.4 Å². The number of nitrogens with zero attached hydrogens (tertiary/aromatic N) is 2. The lowest BCUT2D eigenvalue weighted by Gasteiger charge is -2.34. The largest absolute Gasteiger partial charge is 0.444 e. The third kappa shape index (κ3) is 4.63. The molecule has 0 saturated carbocycles. The summed E-state index contributed by atoms with van der Waals surface area (Å²) in [4.78, 5) is 16.5. The van der Waals surface area contributed by atoms with Crippen LogP contribution in [-0.2, 0) is 4.74 Å². The highest BCUT2D eigenvalue weighted by Gasteiger charge is 2.28. The van der Waals surface area contributed by atoms with Gasteiger partial charge in [-0.25, -0.2) is 4.79 Å². The van der Waals surface area contributed by atoms with Crippen LogP contribution in [0.4, 0.5) is 16.2 Å². The van der Waals surface area contributed by atoms with Gasteiger partial charge in [0.05, 0.1) is 11.4 Å². The van der Waals surface area contributed by atoms with E-state index in [0.29, 0.717) is 5.92 Å². The number of nitrogen functional groups attached to an aromatic ring is 1. The van der Waals surface area contributed by atoms with Crippen molar-refractivity contribution in [3.05, 3.63) is 23.8 Å². The molecule has 2 aliphatic rings. The number of anilines is 2. The smallest absolute Gasteiger partial charge is 0.410 e. The van der Waals surface area contributed by atoms with Crippen molar-refractivity contribution < 1.29 is 9.53 Å². The van der Waals surface area contributed by atoms with Gasteiger partial charge in [0.25, 0.3) is 0 Å². The summed E-state index contributed by atoms with van der Waals surface area (Å²) in [5, 5.41) is 0. The van der Waals surface area contributed by atoms with E-state index in [4.69, 9.17) is 10.5 Å². The molecule has 0 aliphatic carbocycles. The van der Waals surface area contributed by atoms with Crippen molar-refractivity contribution in [3.63, 3.8) is 0 Å². The summed E-state index contributed by atoms with van der Waals surface area (Å²) in [5.74, 6) is 0.484. The van der Waals surface area contributed by atoms with Gasteiger partial charge in [-0.15, -0.1) is 0 Å². The zero-order valence-electron chi connectivity index (χ0n) is 16.5. The third-order valence-electron chi connectivity index (χ3n) is 5.37. The van der Waals surface area contributed by atoms with Crippen LogP contribution in [0.2, 0.25) is 0 Å². The van der Waals surface area contributed by atoms with Gasteiger partial charge >= 0.3 is 6.09 Å². The minimum absolute atomic E-state index is 0.192. The number of amides is 1. The summed E-state index contributed by atoms with van der Waals surface area (Å²) < 4.78 is 5.50. The van der Waals surface area contributed by atoms with E-state index in [1.165, 1.54) is 30.5 Å². The van der Waals surface area contributed by atoms with Crippen LogP contribution in [0.15, 0.2) is 18.2 Å². The summed E-state index contributed by atoms with van der Waals surface area (Å²) in [6.45, 7) is 9.44. The van der Waals surface area contributed by atoms with Crippen molar-refractivity contribution in [2.75, 3.05) is 36.8 Å². The SMILES string of the molecule is CC(C)(C)OC(=O)N1CCC(c2ccc(N)c(N3CCCCC3)c2)CC1. The number of hydrogen-bond donors (Lipinski definition) is 1. The third-order valence-corrected chi connectivity index (χ3v) is 5.37. The first-order valence-corrected chi connectivity index (χ1v) is 9.96. The molecular weight excluding hydrogens is 326 g/mol. The van der Waals surface area contributed by atoms with Gasteiger partial charge in [0.2, 0.25) is 0 Å². The Morgan fingerprint density at radius 2 is 1.73 bits per heavy atom. The molecule has 0 unspecified atom stereocenters. The van der Waals surface area contributed by atoms with Crippen LogP contribution in [0.25, 0.3) is 0 Å². The number of carbonyl (C=O) groups excluding carboxylic acids is 1. The number of nitrogens with two attached hydrogens (primary N) is 1. The van der Waals surface area contributed by atoms with Crippen molar-refractivity contribution in [2.24, 2.45) is 0 Å². The summed E-state index contributed by atoms with van der Waals surface area (Å²) in [5.41, 5.74) is 9.24. The first-order valence-electron chi connectivity index (χ1n) is 9.96. The molecule has 2 fully saturated rings. The van der Waals surface area contributed by atoms with Crippen LogP contribution < -0.4 is 10.6 Å². The van der Waals surface area contributed by atoms with Crippen molar-refractivity contribution in [1.29, 1.82) is 0 Å². The van der Waals surface area contributed by atoms with Crippen LogP contribution in [0, 0.1) is 0 Å². The topological polar surface area (TPSA) is 58.8 Å². The molecule has 3 rings (SSSR count). The van der Waals surface area contributed by atoms with Crippen molar-refractivity contribution in [1.82, 2.24) is 4.90 Å². The van der Waals surface area contributed by atoms with Crippen LogP contribution in [0.1, 0.15) is 64.4 Å². The molecule has 0 radical (unpaired) electrons. The monoisotopic (exact) mass is 359 g/mol. The fourth-order valence-corrected chi connectivity index (χ4v) is 3.95. The average Bonchev–Trinajstić information content (AvgIpc) is 2.61. The van der Waals surface area contributed by atoms with E-state index in [1.54, 1.807) is 0 Å². The summed E-state index contributed by atoms with van der Waals surface area (Å²) in [7, 11) is 0. The fourth-order valence-electron chi connectivity index (χ4n) is 3.95. The normalized spacial score (nSPS) is 19.5. The Labute approximate surface area is 157 Å². The lowest BCUT2D eigenvalue weighted by Crippen LogP contribution is -2.41. The van der Waals surface area contributed by atoms with E-state index < -0.39 is 5.60 Å². The van der Waals surface area contributed by atoms with Crippen LogP contribution in [0.3, 0.4) is 0 Å². The Morgan fingerprint density at radius 3 is 2.35 bits per heavy atom. The van der Waals surface area contributed by atoms with Gasteiger partial charge in [-0.05, 0) is 76.5 Å². The number of piperidine rings is 2. The van der Waals surface area contributed by atoms with Gasteiger partial charge in [0.1, 0.15) is 5.60 Å². The molecule has 5 heteroatoms. The van der Waals surface area contributed by atoms with E-state index in [2.05, 4.69) is 23.1 Å². The molecular formula is C21H33N3O2. The molecule has 1 aromatic carbocycles. The number of likely N-dealkylation sites (tertiary alicyclic amines) is 1. The molecule has 2 saturated heterocycles. The van der Waals surface area contributed by atoms with Gasteiger partial charge < -0.3 is 20.3 Å². The van der Waals surface area contributed by atoms with Gasteiger partial charge in [-0.2, -0.15) is 0 Å². The van der Waals surface area contributed by atoms with E-state index in [9.17, 15) is 4.79 Å². The van der Waals surface area contributed by atoms with Crippen molar-refractivity contribution in [3.8, 4) is 0 Å². The van der Waals surface area contributed by atoms with E-state index in [1.807, 2.05) is 25.7 Å². The predicted octanol–water partition coefficient (Wildman–Crippen LogP) is 4.37. The Morgan fingerprint density at radius 1 is 1.08 bits per heavy atom. The molecule has 5 nitrogen and oxygen atoms in total. The standard InChI is InChI=1S/C21H33N3O2/c1-21(2,3)26-20(25)24-13-9-16(10-14-24)17-7-8-18(22)19(15-17)23-11-5-4-6-12-23/h7-8,15-16H,4-6,9-14,22H2,1-3H3. The lowest BCUT2D eigenvalue weighted by atomic mass is 9.89. The Balaban J connectivity index is 1.63. The second kappa shape index (κ2) is 7.77. The maximum Gasteiger partial charge on any atom is 0.410 e. The van der Waals surface area contributed by atoms with Crippen LogP contribution in [-0.4, -0.2) is 42.8 Å². The molecule has 0 bridgehead atoms. The van der Waals surface area contributed by atoms with Gasteiger partial charge in [0.15, 0.2) is 0 Å². The van der Waals surface area contributed by atoms with Gasteiger partial charge in [-0.1, -0.05) is 6.07 Å². The number of carbonyl (C=O) groups is 1. The molecule has 2 heterocycles. The maximum atomic E-state index is 12.2. The first-order chi connectivity index (χ1) is 12.3. The average molecular weight is 360 g/mol. The minimum Gasteiger partial charge on any atom is -0.444 e. The van der Waals surface area contributed by atoms with E-state index in [0.717, 1.165) is 44.7 Å². The van der Waals surface area contributed by atoms with Crippen LogP contribution >= 0.6 is 0 Å². The first kappa shape index (κ1) is 18.9. The molecule has 26 heavy (non-hydrogen) atoms. The number of rotatable bonds is 2. The second-order valence-corrected chi connectivity index (χ2v) is 8.61. The highest BCUT2D eigenvalue weighted by atomic mass is 16.6. The lowest BCUT2D eigenvalue weighted by molar-refractivity contribution is 0.0205. The number of hydrogen-bond acceptors (Lipinski definition) is 4. The minimum atomic E-state index is -0.436. The zero-order chi connectivity index (χ0) is 18.7.